The number of fused-ring (bicyclic) bond motifs is 1. The number of hydrogen-bond donors (Lipinski definition) is 2. The van der Waals surface area contributed by atoms with Gasteiger partial charge in [0.25, 0.3) is 0 Å². The number of aliphatic hydroxyl groups is 1. The van der Waals surface area contributed by atoms with Crippen molar-refractivity contribution in [2.45, 2.75) is 13.5 Å². The van der Waals surface area contributed by atoms with Crippen LogP contribution in [-0.2, 0) is 6.61 Å². The highest BCUT2D eigenvalue weighted by atomic mass is 32.1. The summed E-state index contributed by atoms with van der Waals surface area (Å²) in [4.78, 5) is 4.56. The Morgan fingerprint density at radius 3 is 2.95 bits per heavy atom. The summed E-state index contributed by atoms with van der Waals surface area (Å²) in [6.07, 6.45) is 0. The molecule has 0 saturated heterocycles. The van der Waals surface area contributed by atoms with Crippen LogP contribution in [0.5, 0.6) is 0 Å². The zero-order chi connectivity index (χ0) is 13.4. The number of H-pyrrole nitrogens is 1. The minimum atomic E-state index is -0.185. The van der Waals surface area contributed by atoms with Gasteiger partial charge in [-0.25, -0.2) is 0 Å². The molecule has 5 nitrogen and oxygen atoms in total. The van der Waals surface area contributed by atoms with E-state index in [2.05, 4.69) is 15.2 Å². The topological polar surface area (TPSA) is 66.7 Å². The van der Waals surface area contributed by atoms with Crippen molar-refractivity contribution < 1.29 is 5.11 Å². The number of aliphatic hydroxyl groups excluding tert-OH is 1. The van der Waals surface area contributed by atoms with E-state index in [4.69, 9.17) is 12.2 Å². The van der Waals surface area contributed by atoms with Crippen molar-refractivity contribution in [3.05, 3.63) is 46.6 Å². The Labute approximate surface area is 114 Å². The van der Waals surface area contributed by atoms with Crippen molar-refractivity contribution in [1.82, 2.24) is 19.7 Å². The molecule has 0 atom stereocenters. The van der Waals surface area contributed by atoms with E-state index < -0.39 is 0 Å². The molecule has 0 spiro atoms. The summed E-state index contributed by atoms with van der Waals surface area (Å²) >= 11 is 5.22. The maximum absolute atomic E-state index is 9.35. The Morgan fingerprint density at radius 1 is 1.32 bits per heavy atom. The predicted octanol–water partition coefficient (Wildman–Crippen LogP) is 2.28. The Bertz CT molecular complexity index is 806. The zero-order valence-corrected chi connectivity index (χ0v) is 11.1. The lowest BCUT2D eigenvalue weighted by Gasteiger charge is -2.09. The van der Waals surface area contributed by atoms with Gasteiger partial charge < -0.3 is 5.11 Å². The largest absolute Gasteiger partial charge is 0.388 e. The van der Waals surface area contributed by atoms with Crippen LogP contribution < -0.4 is 0 Å². The molecule has 2 N–H and O–H groups in total. The third-order valence-corrected chi connectivity index (χ3v) is 3.24. The molecule has 0 aliphatic heterocycles. The molecule has 3 rings (SSSR count). The van der Waals surface area contributed by atoms with Gasteiger partial charge in [0.2, 0.25) is 0 Å². The molecule has 0 radical (unpaired) electrons. The summed E-state index contributed by atoms with van der Waals surface area (Å²) < 4.78 is 2.16. The number of hydrogen-bond acceptors (Lipinski definition) is 4. The normalized spacial score (nSPS) is 11.1. The molecule has 0 saturated carbocycles. The van der Waals surface area contributed by atoms with Gasteiger partial charge >= 0.3 is 0 Å². The maximum atomic E-state index is 9.35. The predicted molar refractivity (Wildman–Crippen MR) is 74.7 cm³/mol. The van der Waals surface area contributed by atoms with Gasteiger partial charge in [0, 0.05) is 11.1 Å². The Morgan fingerprint density at radius 2 is 2.16 bits per heavy atom. The van der Waals surface area contributed by atoms with Crippen LogP contribution in [0.3, 0.4) is 0 Å². The van der Waals surface area contributed by atoms with E-state index in [0.29, 0.717) is 10.6 Å². The molecule has 6 heteroatoms. The Balaban J connectivity index is 2.39. The second-order valence-electron chi connectivity index (χ2n) is 4.24. The van der Waals surface area contributed by atoms with Gasteiger partial charge in [-0.1, -0.05) is 18.2 Å². The molecule has 96 valence electrons. The summed E-state index contributed by atoms with van der Waals surface area (Å²) in [5.41, 5.74) is 2.60. The van der Waals surface area contributed by atoms with E-state index in [-0.39, 0.29) is 6.61 Å². The quantitative estimate of drug-likeness (QED) is 0.702. The smallest absolute Gasteiger partial charge is 0.200 e. The van der Waals surface area contributed by atoms with Crippen LogP contribution in [-0.4, -0.2) is 24.9 Å². The number of pyridine rings is 1. The molecule has 19 heavy (non-hydrogen) atoms. The molecule has 0 amide bonds. The summed E-state index contributed by atoms with van der Waals surface area (Å²) in [7, 11) is 0. The molecular formula is C13H12N4OS. The van der Waals surface area contributed by atoms with Crippen LogP contribution in [0.15, 0.2) is 30.3 Å². The number of aromatic amines is 1. The summed E-state index contributed by atoms with van der Waals surface area (Å²) in [5.74, 6) is 0.473. The lowest BCUT2D eigenvalue weighted by Crippen LogP contribution is -2.03. The number of rotatable bonds is 2. The Hall–Kier alpha value is -2.05. The van der Waals surface area contributed by atoms with Crippen LogP contribution in [0.25, 0.3) is 16.6 Å². The van der Waals surface area contributed by atoms with Crippen LogP contribution >= 0.6 is 12.2 Å². The van der Waals surface area contributed by atoms with Crippen molar-refractivity contribution >= 4 is 23.1 Å². The van der Waals surface area contributed by atoms with Crippen LogP contribution in [0.1, 0.15) is 11.5 Å². The number of nitrogens with one attached hydrogen (secondary N) is 1. The van der Waals surface area contributed by atoms with Crippen molar-refractivity contribution in [2.75, 3.05) is 0 Å². The number of para-hydroxylation sites is 1. The first-order valence-electron chi connectivity index (χ1n) is 5.84. The lowest BCUT2D eigenvalue weighted by atomic mass is 10.1. The third-order valence-electron chi connectivity index (χ3n) is 2.96. The van der Waals surface area contributed by atoms with E-state index in [9.17, 15) is 5.11 Å². The zero-order valence-electron chi connectivity index (χ0n) is 10.3. The van der Waals surface area contributed by atoms with E-state index in [0.717, 1.165) is 22.3 Å². The van der Waals surface area contributed by atoms with Crippen LogP contribution in [0.4, 0.5) is 0 Å². The third kappa shape index (κ3) is 1.94. The van der Waals surface area contributed by atoms with Crippen molar-refractivity contribution in [3.8, 4) is 5.69 Å². The van der Waals surface area contributed by atoms with E-state index >= 15 is 0 Å². The van der Waals surface area contributed by atoms with Gasteiger partial charge in [-0.05, 0) is 31.3 Å². The highest BCUT2D eigenvalue weighted by Gasteiger charge is 2.11. The van der Waals surface area contributed by atoms with Gasteiger partial charge in [0.15, 0.2) is 10.6 Å². The minimum Gasteiger partial charge on any atom is -0.388 e. The summed E-state index contributed by atoms with van der Waals surface area (Å²) in [6, 6.07) is 9.83. The van der Waals surface area contributed by atoms with Gasteiger partial charge in [-0.2, -0.15) is 5.10 Å². The van der Waals surface area contributed by atoms with Gasteiger partial charge in [-0.15, -0.1) is 0 Å². The molecule has 0 aliphatic rings. The number of aromatic nitrogens is 4. The lowest BCUT2D eigenvalue weighted by molar-refractivity contribution is 0.269. The molecule has 0 fully saturated rings. The highest BCUT2D eigenvalue weighted by Crippen LogP contribution is 2.22. The van der Waals surface area contributed by atoms with E-state index in [1.54, 1.807) is 4.57 Å². The molecule has 0 aliphatic carbocycles. The summed E-state index contributed by atoms with van der Waals surface area (Å²) in [6.45, 7) is 1.76. The van der Waals surface area contributed by atoms with Gasteiger partial charge in [-0.3, -0.25) is 14.6 Å². The average molecular weight is 272 g/mol. The minimum absolute atomic E-state index is 0.185. The molecular weight excluding hydrogens is 260 g/mol. The monoisotopic (exact) mass is 272 g/mol. The molecule has 0 unspecified atom stereocenters. The van der Waals surface area contributed by atoms with E-state index in [1.165, 1.54) is 0 Å². The van der Waals surface area contributed by atoms with Crippen LogP contribution in [0.2, 0.25) is 0 Å². The number of nitrogens with zero attached hydrogens (tertiary/aromatic N) is 3. The van der Waals surface area contributed by atoms with Crippen molar-refractivity contribution in [2.24, 2.45) is 0 Å². The standard InChI is InChI=1S/C13H12N4OS/c1-8-5-6-9-3-2-4-10(12(9)14-8)17-11(7-18)15-16-13(17)19/h2-6,18H,7H2,1H3,(H,16,19). The fraction of sp³-hybridized carbons (Fsp3) is 0.154. The molecule has 3 aromatic rings. The summed E-state index contributed by atoms with van der Waals surface area (Å²) in [5, 5.41) is 17.1. The SMILES string of the molecule is Cc1ccc2cccc(-n3c(CO)n[nH]c3=S)c2n1. The molecule has 1 aromatic carbocycles. The second-order valence-corrected chi connectivity index (χ2v) is 4.63. The fourth-order valence-corrected chi connectivity index (χ4v) is 2.34. The van der Waals surface area contributed by atoms with E-state index in [1.807, 2.05) is 37.3 Å². The molecule has 2 aromatic heterocycles. The number of benzene rings is 1. The molecule has 0 bridgehead atoms. The average Bonchev–Trinajstić information content (AvgIpc) is 2.79. The first kappa shape index (κ1) is 12.0. The fourth-order valence-electron chi connectivity index (χ4n) is 2.09. The van der Waals surface area contributed by atoms with Crippen LogP contribution in [0, 0.1) is 11.7 Å². The first-order chi connectivity index (χ1) is 9.20. The maximum Gasteiger partial charge on any atom is 0.200 e. The molecule has 2 heterocycles. The number of aryl methyl sites for hydroxylation is 1. The first-order valence-corrected chi connectivity index (χ1v) is 6.25. The van der Waals surface area contributed by atoms with Gasteiger partial charge in [0.1, 0.15) is 6.61 Å². The van der Waals surface area contributed by atoms with Gasteiger partial charge in [0.05, 0.1) is 11.2 Å². The second kappa shape index (κ2) is 4.56. The highest BCUT2D eigenvalue weighted by molar-refractivity contribution is 7.71. The van der Waals surface area contributed by atoms with Crippen molar-refractivity contribution in [1.29, 1.82) is 0 Å². The Kier molecular flexibility index (Phi) is 2.88. The van der Waals surface area contributed by atoms with Crippen molar-refractivity contribution in [3.63, 3.8) is 0 Å².